The highest BCUT2D eigenvalue weighted by atomic mass is 16.5. The fourth-order valence-corrected chi connectivity index (χ4v) is 1.60. The number of aromatic carboxylic acids is 1. The summed E-state index contributed by atoms with van der Waals surface area (Å²) in [6.07, 6.45) is 0. The summed E-state index contributed by atoms with van der Waals surface area (Å²) in [7, 11) is 0. The van der Waals surface area contributed by atoms with E-state index in [-0.39, 0.29) is 11.3 Å². The van der Waals surface area contributed by atoms with E-state index in [2.05, 4.69) is 0 Å². The topological polar surface area (TPSA) is 104 Å². The quantitative estimate of drug-likeness (QED) is 0.584. The first-order valence-electron chi connectivity index (χ1n) is 5.55. The van der Waals surface area contributed by atoms with Crippen LogP contribution in [-0.2, 0) is 0 Å². The highest BCUT2D eigenvalue weighted by Crippen LogP contribution is 2.32. The number of hydrogen-bond acceptors (Lipinski definition) is 5. The predicted octanol–water partition coefficient (Wildman–Crippen LogP) is 2.02. The first-order chi connectivity index (χ1) is 9.49. The molecule has 2 rings (SSSR count). The molecule has 6 heteroatoms. The van der Waals surface area contributed by atoms with Crippen molar-refractivity contribution in [3.63, 3.8) is 0 Å². The molecule has 0 aliphatic rings. The molecule has 0 atom stereocenters. The van der Waals surface area contributed by atoms with Gasteiger partial charge in [0.25, 0.3) is 0 Å². The predicted molar refractivity (Wildman–Crippen MR) is 68.1 cm³/mol. The molecule has 0 aromatic heterocycles. The average Bonchev–Trinajstić information content (AvgIpc) is 2.38. The Balaban J connectivity index is 2.27. The van der Waals surface area contributed by atoms with Crippen LogP contribution in [0.4, 0.5) is 0 Å². The van der Waals surface area contributed by atoms with Gasteiger partial charge in [-0.2, -0.15) is 0 Å². The van der Waals surface area contributed by atoms with E-state index in [1.165, 1.54) is 12.1 Å². The molecule has 0 unspecified atom stereocenters. The number of carboxylic acid groups (broad SMARTS) is 1. The summed E-state index contributed by atoms with van der Waals surface area (Å²) in [5, 5.41) is 27.8. The van der Waals surface area contributed by atoms with Gasteiger partial charge in [0.2, 0.25) is 0 Å². The fraction of sp³-hybridized carbons (Fsp3) is 0. The van der Waals surface area contributed by atoms with Crippen molar-refractivity contribution < 1.29 is 29.6 Å². The molecular formula is C14H10O6. The summed E-state index contributed by atoms with van der Waals surface area (Å²) in [6, 6.07) is 10.0. The zero-order valence-corrected chi connectivity index (χ0v) is 10.1. The van der Waals surface area contributed by atoms with Gasteiger partial charge >= 0.3 is 11.9 Å². The Hall–Kier alpha value is -3.02. The number of carbonyl (C=O) groups is 2. The Bertz CT molecular complexity index is 640. The molecule has 0 heterocycles. The SMILES string of the molecule is O=C(Oc1cc(O)c(C(=O)O)c(O)c1)c1ccccc1. The van der Waals surface area contributed by atoms with Gasteiger partial charge < -0.3 is 20.1 Å². The third-order valence-corrected chi connectivity index (χ3v) is 2.50. The minimum Gasteiger partial charge on any atom is -0.507 e. The van der Waals surface area contributed by atoms with Gasteiger partial charge in [-0.1, -0.05) is 18.2 Å². The number of carbonyl (C=O) groups excluding carboxylic acids is 1. The van der Waals surface area contributed by atoms with Crippen LogP contribution in [0, 0.1) is 0 Å². The van der Waals surface area contributed by atoms with Crippen molar-refractivity contribution in [3.8, 4) is 17.2 Å². The Kier molecular flexibility index (Phi) is 3.56. The van der Waals surface area contributed by atoms with E-state index in [0.717, 1.165) is 12.1 Å². The number of hydrogen-bond donors (Lipinski definition) is 3. The van der Waals surface area contributed by atoms with Crippen molar-refractivity contribution in [2.45, 2.75) is 0 Å². The number of ether oxygens (including phenoxy) is 1. The zero-order chi connectivity index (χ0) is 14.7. The molecule has 0 saturated carbocycles. The van der Waals surface area contributed by atoms with Crippen LogP contribution in [-0.4, -0.2) is 27.3 Å². The second-order valence-corrected chi connectivity index (χ2v) is 3.90. The number of carboxylic acids is 1. The van der Waals surface area contributed by atoms with Gasteiger partial charge in [-0.3, -0.25) is 0 Å². The second kappa shape index (κ2) is 5.31. The Morgan fingerprint density at radius 3 is 2.00 bits per heavy atom. The zero-order valence-electron chi connectivity index (χ0n) is 10.1. The summed E-state index contributed by atoms with van der Waals surface area (Å²) >= 11 is 0. The molecule has 0 fully saturated rings. The summed E-state index contributed by atoms with van der Waals surface area (Å²) in [5.74, 6) is -3.70. The minimum absolute atomic E-state index is 0.154. The molecule has 0 bridgehead atoms. The molecule has 0 aliphatic carbocycles. The fourth-order valence-electron chi connectivity index (χ4n) is 1.60. The van der Waals surface area contributed by atoms with E-state index in [9.17, 15) is 19.8 Å². The van der Waals surface area contributed by atoms with Crippen LogP contribution in [0.25, 0.3) is 0 Å². The average molecular weight is 274 g/mol. The molecule has 0 radical (unpaired) electrons. The van der Waals surface area contributed by atoms with Gasteiger partial charge in [0.05, 0.1) is 5.56 Å². The van der Waals surface area contributed by atoms with Crippen LogP contribution < -0.4 is 4.74 Å². The molecular weight excluding hydrogens is 264 g/mol. The van der Waals surface area contributed by atoms with Crippen LogP contribution in [0.1, 0.15) is 20.7 Å². The monoisotopic (exact) mass is 274 g/mol. The van der Waals surface area contributed by atoms with Gasteiger partial charge in [0.15, 0.2) is 0 Å². The lowest BCUT2D eigenvalue weighted by Gasteiger charge is -2.08. The highest BCUT2D eigenvalue weighted by molar-refractivity contribution is 5.95. The van der Waals surface area contributed by atoms with Crippen LogP contribution >= 0.6 is 0 Å². The maximum Gasteiger partial charge on any atom is 0.343 e. The molecule has 102 valence electrons. The maximum atomic E-state index is 11.8. The molecule has 20 heavy (non-hydrogen) atoms. The number of rotatable bonds is 3. The number of esters is 1. The van der Waals surface area contributed by atoms with Crippen molar-refractivity contribution >= 4 is 11.9 Å². The lowest BCUT2D eigenvalue weighted by atomic mass is 10.1. The summed E-state index contributed by atoms with van der Waals surface area (Å²) in [5.41, 5.74) is -0.363. The Labute approximate surface area is 113 Å². The normalized spacial score (nSPS) is 10.0. The molecule has 2 aromatic rings. The van der Waals surface area contributed by atoms with E-state index >= 15 is 0 Å². The van der Waals surface area contributed by atoms with E-state index in [1.54, 1.807) is 18.2 Å². The molecule has 2 aromatic carbocycles. The molecule has 3 N–H and O–H groups in total. The van der Waals surface area contributed by atoms with Gasteiger partial charge in [0, 0.05) is 12.1 Å². The lowest BCUT2D eigenvalue weighted by molar-refractivity contribution is 0.0690. The minimum atomic E-state index is -1.49. The third-order valence-electron chi connectivity index (χ3n) is 2.50. The van der Waals surface area contributed by atoms with Crippen LogP contribution in [0.2, 0.25) is 0 Å². The van der Waals surface area contributed by atoms with Crippen molar-refractivity contribution in [1.29, 1.82) is 0 Å². The number of phenols is 2. The first kappa shape index (κ1) is 13.4. The standard InChI is InChI=1S/C14H10O6/c15-10-6-9(7-11(16)12(10)13(17)18)20-14(19)8-4-2-1-3-5-8/h1-7,15-16H,(H,17,18). The van der Waals surface area contributed by atoms with Crippen molar-refractivity contribution in [2.24, 2.45) is 0 Å². The highest BCUT2D eigenvalue weighted by Gasteiger charge is 2.18. The van der Waals surface area contributed by atoms with E-state index < -0.39 is 29.0 Å². The maximum absolute atomic E-state index is 11.8. The van der Waals surface area contributed by atoms with Crippen molar-refractivity contribution in [2.75, 3.05) is 0 Å². The van der Waals surface area contributed by atoms with Gasteiger partial charge in [-0.15, -0.1) is 0 Å². The number of aromatic hydroxyl groups is 2. The molecule has 0 spiro atoms. The molecule has 0 saturated heterocycles. The third kappa shape index (κ3) is 2.69. The second-order valence-electron chi connectivity index (χ2n) is 3.90. The molecule has 0 amide bonds. The van der Waals surface area contributed by atoms with Gasteiger partial charge in [-0.05, 0) is 12.1 Å². The smallest absolute Gasteiger partial charge is 0.343 e. The summed E-state index contributed by atoms with van der Waals surface area (Å²) in [6.45, 7) is 0. The van der Waals surface area contributed by atoms with E-state index in [4.69, 9.17) is 9.84 Å². The number of benzene rings is 2. The van der Waals surface area contributed by atoms with Gasteiger partial charge in [0.1, 0.15) is 22.8 Å². The Morgan fingerprint density at radius 2 is 1.50 bits per heavy atom. The summed E-state index contributed by atoms with van der Waals surface area (Å²) in [4.78, 5) is 22.5. The van der Waals surface area contributed by atoms with Crippen molar-refractivity contribution in [3.05, 3.63) is 53.6 Å². The lowest BCUT2D eigenvalue weighted by Crippen LogP contribution is -2.08. The molecule has 6 nitrogen and oxygen atoms in total. The van der Waals surface area contributed by atoms with E-state index in [0.29, 0.717) is 0 Å². The van der Waals surface area contributed by atoms with E-state index in [1.807, 2.05) is 0 Å². The van der Waals surface area contributed by atoms with Gasteiger partial charge in [-0.25, -0.2) is 9.59 Å². The first-order valence-corrected chi connectivity index (χ1v) is 5.55. The van der Waals surface area contributed by atoms with Crippen LogP contribution in [0.5, 0.6) is 17.2 Å². The summed E-state index contributed by atoms with van der Waals surface area (Å²) < 4.78 is 4.94. The van der Waals surface area contributed by atoms with Crippen LogP contribution in [0.15, 0.2) is 42.5 Å². The largest absolute Gasteiger partial charge is 0.507 e. The Morgan fingerprint density at radius 1 is 0.950 bits per heavy atom. The van der Waals surface area contributed by atoms with Crippen molar-refractivity contribution in [1.82, 2.24) is 0 Å². The molecule has 0 aliphatic heterocycles. The van der Waals surface area contributed by atoms with Crippen LogP contribution in [0.3, 0.4) is 0 Å².